The highest BCUT2D eigenvalue weighted by Gasteiger charge is 2.18. The van der Waals surface area contributed by atoms with Crippen LogP contribution in [0.15, 0.2) is 23.4 Å². The number of hydrogen-bond acceptors (Lipinski definition) is 5. The van der Waals surface area contributed by atoms with Crippen LogP contribution in [0.1, 0.15) is 20.8 Å². The van der Waals surface area contributed by atoms with Gasteiger partial charge >= 0.3 is 5.69 Å². The van der Waals surface area contributed by atoms with Crippen LogP contribution in [0.4, 0.5) is 5.69 Å². The van der Waals surface area contributed by atoms with Crippen molar-refractivity contribution < 1.29 is 4.92 Å². The van der Waals surface area contributed by atoms with E-state index in [9.17, 15) is 10.1 Å². The van der Waals surface area contributed by atoms with E-state index in [4.69, 9.17) is 0 Å². The molecular weight excluding hydrogens is 232 g/mol. The van der Waals surface area contributed by atoms with Crippen molar-refractivity contribution in [3.8, 4) is 0 Å². The van der Waals surface area contributed by atoms with Gasteiger partial charge in [0.1, 0.15) is 0 Å². The first-order valence-corrected chi connectivity index (χ1v) is 6.50. The minimum absolute atomic E-state index is 0.0516. The number of rotatable bonds is 3. The van der Waals surface area contributed by atoms with Gasteiger partial charge in [-0.15, -0.1) is 0 Å². The van der Waals surface area contributed by atoms with Crippen molar-refractivity contribution in [2.45, 2.75) is 30.5 Å². The van der Waals surface area contributed by atoms with Gasteiger partial charge in [-0.3, -0.25) is 10.1 Å². The van der Waals surface area contributed by atoms with Crippen LogP contribution in [0.25, 0.3) is 0 Å². The van der Waals surface area contributed by atoms with Crippen LogP contribution in [0.2, 0.25) is 0 Å². The fraction of sp³-hybridized carbons (Fsp3) is 0.444. The predicted molar refractivity (Wildman–Crippen MR) is 64.1 cm³/mol. The summed E-state index contributed by atoms with van der Waals surface area (Å²) in [6, 6.07) is 3.04. The molecule has 0 N–H and O–H groups in total. The van der Waals surface area contributed by atoms with E-state index in [0.29, 0.717) is 5.03 Å². The van der Waals surface area contributed by atoms with Crippen molar-refractivity contribution in [1.29, 1.82) is 0 Å². The molecule has 1 rings (SSSR count). The molecular formula is C9H12N2O2S2. The van der Waals surface area contributed by atoms with Gasteiger partial charge in [-0.25, -0.2) is 4.98 Å². The second-order valence-electron chi connectivity index (χ2n) is 3.86. The lowest BCUT2D eigenvalue weighted by atomic mass is 10.3. The van der Waals surface area contributed by atoms with E-state index < -0.39 is 4.92 Å². The topological polar surface area (TPSA) is 56.0 Å². The zero-order chi connectivity index (χ0) is 11.5. The lowest BCUT2D eigenvalue weighted by Gasteiger charge is -2.15. The monoisotopic (exact) mass is 244 g/mol. The molecule has 15 heavy (non-hydrogen) atoms. The van der Waals surface area contributed by atoms with Crippen LogP contribution in [0.3, 0.4) is 0 Å². The molecule has 1 aromatic rings. The standard InChI is InChI=1S/C9H12N2O2S2/c1-9(2,3)15-14-8-7(11(12)13)5-4-6-10-8/h4-6H,1-3H3. The molecule has 0 unspecified atom stereocenters. The lowest BCUT2D eigenvalue weighted by Crippen LogP contribution is -2.04. The van der Waals surface area contributed by atoms with E-state index in [1.165, 1.54) is 16.9 Å². The maximum atomic E-state index is 10.7. The summed E-state index contributed by atoms with van der Waals surface area (Å²) in [6.45, 7) is 6.17. The molecule has 0 saturated carbocycles. The highest BCUT2D eigenvalue weighted by molar-refractivity contribution is 8.77. The number of nitro groups is 1. The van der Waals surface area contributed by atoms with E-state index in [1.54, 1.807) is 23.1 Å². The van der Waals surface area contributed by atoms with Crippen molar-refractivity contribution in [2.75, 3.05) is 0 Å². The summed E-state index contributed by atoms with van der Waals surface area (Å²) in [5.74, 6) is 0. The summed E-state index contributed by atoms with van der Waals surface area (Å²) in [4.78, 5) is 14.3. The highest BCUT2D eigenvalue weighted by atomic mass is 33.1. The Kier molecular flexibility index (Phi) is 3.98. The summed E-state index contributed by atoms with van der Waals surface area (Å²) >= 11 is 0. The Hall–Kier alpha value is -0.750. The molecule has 0 radical (unpaired) electrons. The van der Waals surface area contributed by atoms with Gasteiger partial charge in [0.15, 0.2) is 5.03 Å². The van der Waals surface area contributed by atoms with E-state index in [-0.39, 0.29) is 10.4 Å². The van der Waals surface area contributed by atoms with Crippen molar-refractivity contribution >= 4 is 27.3 Å². The quantitative estimate of drug-likeness (QED) is 0.462. The minimum atomic E-state index is -0.404. The van der Waals surface area contributed by atoms with Crippen LogP contribution in [-0.4, -0.2) is 14.7 Å². The molecule has 0 aromatic carbocycles. The first-order chi connectivity index (χ1) is 6.90. The smallest absolute Gasteiger partial charge is 0.258 e. The van der Waals surface area contributed by atoms with Gasteiger partial charge in [0.25, 0.3) is 0 Å². The predicted octanol–water partition coefficient (Wildman–Crippen LogP) is 3.53. The van der Waals surface area contributed by atoms with Crippen molar-refractivity contribution in [2.24, 2.45) is 0 Å². The first-order valence-electron chi connectivity index (χ1n) is 4.35. The molecule has 0 aliphatic carbocycles. The summed E-state index contributed by atoms with van der Waals surface area (Å²) in [5, 5.41) is 11.1. The summed E-state index contributed by atoms with van der Waals surface area (Å²) in [5.41, 5.74) is 0.0688. The zero-order valence-corrected chi connectivity index (χ0v) is 10.4. The first kappa shape index (κ1) is 12.3. The average Bonchev–Trinajstić information content (AvgIpc) is 2.14. The Balaban J connectivity index is 2.81. The summed E-state index contributed by atoms with van der Waals surface area (Å²) in [7, 11) is 2.91. The molecule has 82 valence electrons. The number of nitrogens with zero attached hydrogens (tertiary/aromatic N) is 2. The third-order valence-corrected chi connectivity index (χ3v) is 4.60. The van der Waals surface area contributed by atoms with Crippen LogP contribution >= 0.6 is 21.6 Å². The normalized spacial score (nSPS) is 11.4. The molecule has 0 aliphatic heterocycles. The van der Waals surface area contributed by atoms with Gasteiger partial charge < -0.3 is 0 Å². The van der Waals surface area contributed by atoms with Gasteiger partial charge in [-0.1, -0.05) is 31.6 Å². The lowest BCUT2D eigenvalue weighted by molar-refractivity contribution is -0.388. The third-order valence-electron chi connectivity index (χ3n) is 1.32. The van der Waals surface area contributed by atoms with E-state index in [2.05, 4.69) is 25.8 Å². The highest BCUT2D eigenvalue weighted by Crippen LogP contribution is 2.42. The maximum absolute atomic E-state index is 10.7. The Morgan fingerprint density at radius 1 is 1.47 bits per heavy atom. The molecule has 0 saturated heterocycles. The molecule has 0 atom stereocenters. The molecule has 0 bridgehead atoms. The molecule has 4 nitrogen and oxygen atoms in total. The van der Waals surface area contributed by atoms with Gasteiger partial charge in [-0.05, 0) is 16.9 Å². The summed E-state index contributed by atoms with van der Waals surface area (Å²) in [6.07, 6.45) is 1.57. The fourth-order valence-electron chi connectivity index (χ4n) is 0.750. The van der Waals surface area contributed by atoms with Crippen molar-refractivity contribution in [3.63, 3.8) is 0 Å². The zero-order valence-electron chi connectivity index (χ0n) is 8.76. The van der Waals surface area contributed by atoms with Crippen LogP contribution in [0, 0.1) is 10.1 Å². The number of aromatic nitrogens is 1. The Morgan fingerprint density at radius 2 is 2.13 bits per heavy atom. The molecule has 1 aromatic heterocycles. The van der Waals surface area contributed by atoms with Crippen molar-refractivity contribution in [3.05, 3.63) is 28.4 Å². The second kappa shape index (κ2) is 4.85. The second-order valence-corrected chi connectivity index (χ2v) is 6.81. The SMILES string of the molecule is CC(C)(C)SSc1ncccc1[N+](=O)[O-]. The van der Waals surface area contributed by atoms with Gasteiger partial charge in [0, 0.05) is 17.0 Å². The van der Waals surface area contributed by atoms with Crippen LogP contribution < -0.4 is 0 Å². The minimum Gasteiger partial charge on any atom is -0.258 e. The number of hydrogen-bond donors (Lipinski definition) is 0. The fourth-order valence-corrected chi connectivity index (χ4v) is 2.78. The van der Waals surface area contributed by atoms with Crippen LogP contribution in [0.5, 0.6) is 0 Å². The molecule has 0 fully saturated rings. The Morgan fingerprint density at radius 3 is 2.67 bits per heavy atom. The van der Waals surface area contributed by atoms with Gasteiger partial charge in [0.2, 0.25) is 0 Å². The maximum Gasteiger partial charge on any atom is 0.302 e. The molecule has 0 aliphatic rings. The third kappa shape index (κ3) is 4.09. The Labute approximate surface area is 96.4 Å². The van der Waals surface area contributed by atoms with E-state index >= 15 is 0 Å². The van der Waals surface area contributed by atoms with Crippen molar-refractivity contribution in [1.82, 2.24) is 4.98 Å². The van der Waals surface area contributed by atoms with Gasteiger partial charge in [-0.2, -0.15) is 0 Å². The molecule has 6 heteroatoms. The number of pyridine rings is 1. The largest absolute Gasteiger partial charge is 0.302 e. The van der Waals surface area contributed by atoms with Crippen LogP contribution in [-0.2, 0) is 0 Å². The molecule has 1 heterocycles. The van der Waals surface area contributed by atoms with E-state index in [1.807, 2.05) is 0 Å². The Bertz CT molecular complexity index is 363. The van der Waals surface area contributed by atoms with E-state index in [0.717, 1.165) is 0 Å². The van der Waals surface area contributed by atoms with Gasteiger partial charge in [0.05, 0.1) is 4.92 Å². The molecule has 0 spiro atoms. The molecule has 0 amide bonds. The summed E-state index contributed by atoms with van der Waals surface area (Å²) < 4.78 is 0.0516. The average molecular weight is 244 g/mol.